The number of aliphatic hydroxyl groups is 1. The van der Waals surface area contributed by atoms with Crippen molar-refractivity contribution < 1.29 is 19.3 Å². The highest BCUT2D eigenvalue weighted by atomic mass is 35.5. The minimum Gasteiger partial charge on any atom is -0.456 e. The molecule has 37 heavy (non-hydrogen) atoms. The van der Waals surface area contributed by atoms with Gasteiger partial charge in [-0.3, -0.25) is 0 Å². The molecular weight excluding hydrogens is 494 g/mol. The van der Waals surface area contributed by atoms with Gasteiger partial charge >= 0.3 is 0 Å². The molecule has 0 spiro atoms. The molecule has 2 aliphatic heterocycles. The molecule has 7 rings (SSSR count). The van der Waals surface area contributed by atoms with Crippen LogP contribution in [-0.2, 0) is 9.47 Å². The molecule has 9 nitrogen and oxygen atoms in total. The minimum absolute atomic E-state index is 0.241. The Bertz CT molecular complexity index is 1550. The zero-order valence-corrected chi connectivity index (χ0v) is 20.2. The van der Waals surface area contributed by atoms with Crippen molar-refractivity contribution in [1.82, 2.24) is 24.7 Å². The number of aliphatic hydroxyl groups excluding tert-OH is 1. The normalized spacial score (nSPS) is 23.0. The van der Waals surface area contributed by atoms with Gasteiger partial charge in [-0.25, -0.2) is 9.67 Å². The lowest BCUT2D eigenvalue weighted by molar-refractivity contribution is 0.00706. The van der Waals surface area contributed by atoms with E-state index < -0.39 is 6.10 Å². The molecule has 0 amide bonds. The fraction of sp³-hybridized carbons (Fsp3) is 0.222. The summed E-state index contributed by atoms with van der Waals surface area (Å²) >= 11 is 6.60. The number of aromatic amines is 1. The van der Waals surface area contributed by atoms with Crippen LogP contribution in [0.15, 0.2) is 73.1 Å². The first kappa shape index (κ1) is 22.4. The van der Waals surface area contributed by atoms with E-state index in [-0.39, 0.29) is 24.9 Å². The van der Waals surface area contributed by atoms with Gasteiger partial charge in [0.05, 0.1) is 35.1 Å². The van der Waals surface area contributed by atoms with Gasteiger partial charge in [0.2, 0.25) is 0 Å². The van der Waals surface area contributed by atoms with Crippen LogP contribution in [-0.4, -0.2) is 67.5 Å². The quantitative estimate of drug-likeness (QED) is 0.364. The van der Waals surface area contributed by atoms with Gasteiger partial charge in [-0.15, -0.1) is 0 Å². The zero-order chi connectivity index (χ0) is 24.9. The number of ether oxygens (including phenoxy) is 3. The Kier molecular flexibility index (Phi) is 5.44. The number of aromatic nitrogens is 5. The summed E-state index contributed by atoms with van der Waals surface area (Å²) in [7, 11) is 0. The van der Waals surface area contributed by atoms with Crippen molar-refractivity contribution in [3.8, 4) is 34.1 Å². The first-order chi connectivity index (χ1) is 18.1. The zero-order valence-electron chi connectivity index (χ0n) is 19.5. The topological polar surface area (TPSA) is 107 Å². The van der Waals surface area contributed by atoms with Crippen molar-refractivity contribution in [2.75, 3.05) is 13.2 Å². The number of hydrogen-bond acceptors (Lipinski definition) is 7. The van der Waals surface area contributed by atoms with Crippen molar-refractivity contribution in [3.05, 3.63) is 78.1 Å². The van der Waals surface area contributed by atoms with E-state index >= 15 is 0 Å². The molecular formula is C27H22ClN5O4. The third kappa shape index (κ3) is 4.06. The summed E-state index contributed by atoms with van der Waals surface area (Å²) in [6.45, 7) is 0.562. The second-order valence-corrected chi connectivity index (χ2v) is 9.53. The number of pyridine rings is 1. The highest BCUT2D eigenvalue weighted by Gasteiger charge is 2.48. The van der Waals surface area contributed by atoms with Gasteiger partial charge < -0.3 is 24.3 Å². The van der Waals surface area contributed by atoms with E-state index in [4.69, 9.17) is 30.8 Å². The van der Waals surface area contributed by atoms with Crippen molar-refractivity contribution in [2.24, 2.45) is 0 Å². The molecule has 5 heterocycles. The highest BCUT2D eigenvalue weighted by Crippen LogP contribution is 2.33. The third-order valence-corrected chi connectivity index (χ3v) is 7.07. The summed E-state index contributed by atoms with van der Waals surface area (Å²) in [6.07, 6.45) is 1.99. The fourth-order valence-electron chi connectivity index (χ4n) is 4.89. The van der Waals surface area contributed by atoms with Gasteiger partial charge in [-0.05, 0) is 35.4 Å². The number of benzene rings is 2. The third-order valence-electron chi connectivity index (χ3n) is 6.78. The predicted molar refractivity (Wildman–Crippen MR) is 137 cm³/mol. The average Bonchev–Trinajstić information content (AvgIpc) is 3.71. The smallest absolute Gasteiger partial charge is 0.296 e. The number of imidazole rings is 1. The van der Waals surface area contributed by atoms with E-state index in [2.05, 4.69) is 27.2 Å². The number of hydrogen-bond donors (Lipinski definition) is 2. The summed E-state index contributed by atoms with van der Waals surface area (Å²) in [5.41, 5.74) is 5.87. The molecule has 186 valence electrons. The van der Waals surface area contributed by atoms with E-state index in [0.717, 1.165) is 22.4 Å². The Morgan fingerprint density at radius 1 is 0.946 bits per heavy atom. The van der Waals surface area contributed by atoms with Crippen molar-refractivity contribution >= 4 is 22.8 Å². The maximum Gasteiger partial charge on any atom is 0.296 e. The van der Waals surface area contributed by atoms with Gasteiger partial charge in [-0.2, -0.15) is 10.1 Å². The molecule has 2 N–H and O–H groups in total. The number of halogens is 1. The van der Waals surface area contributed by atoms with Crippen LogP contribution < -0.4 is 4.74 Å². The van der Waals surface area contributed by atoms with Gasteiger partial charge in [0.15, 0.2) is 11.8 Å². The maximum atomic E-state index is 9.94. The molecule has 4 atom stereocenters. The van der Waals surface area contributed by atoms with Gasteiger partial charge in [0, 0.05) is 18.0 Å². The minimum atomic E-state index is -0.634. The lowest BCUT2D eigenvalue weighted by Gasteiger charge is -2.15. The number of rotatable bonds is 5. The lowest BCUT2D eigenvalue weighted by atomic mass is 10.0. The molecule has 0 bridgehead atoms. The SMILES string of the molecule is O[C@@H]1COC2C1OC[C@H]2Oc1nc2nc(-c3ccc(-c4ccc(-n5cccn5)cc4)cc3)c(Cl)cc2[nH]1. The van der Waals surface area contributed by atoms with Crippen molar-refractivity contribution in [2.45, 2.75) is 24.4 Å². The Morgan fingerprint density at radius 2 is 1.68 bits per heavy atom. The molecule has 0 radical (unpaired) electrons. The maximum absolute atomic E-state index is 9.94. The number of nitrogens with zero attached hydrogens (tertiary/aromatic N) is 4. The Labute approximate surface area is 216 Å². The van der Waals surface area contributed by atoms with Crippen LogP contribution in [0.4, 0.5) is 0 Å². The Balaban J connectivity index is 1.11. The number of fused-ring (bicyclic) bond motifs is 2. The molecule has 2 aromatic carbocycles. The first-order valence-corrected chi connectivity index (χ1v) is 12.4. The monoisotopic (exact) mass is 515 g/mol. The summed E-state index contributed by atoms with van der Waals surface area (Å²) in [5.74, 6) is 0. The van der Waals surface area contributed by atoms with Gasteiger partial charge in [-0.1, -0.05) is 48.0 Å². The van der Waals surface area contributed by atoms with E-state index in [0.29, 0.717) is 34.5 Å². The number of H-pyrrole nitrogens is 1. The van der Waals surface area contributed by atoms with Crippen molar-refractivity contribution in [3.63, 3.8) is 0 Å². The standard InChI is InChI=1S/C27H22ClN5O4/c28-19-12-20-26(32-27(30-20)37-22-14-36-24-21(34)13-35-25(22)24)31-23(19)17-4-2-15(3-5-17)16-6-8-18(9-7-16)33-11-1-10-29-33/h1-12,21-22,24-25,34H,13-14H2,(H,30,31,32)/t21-,22-,24?,25?/m1/s1. The van der Waals surface area contributed by atoms with E-state index in [9.17, 15) is 5.11 Å². The summed E-state index contributed by atoms with van der Waals surface area (Å²) in [4.78, 5) is 12.3. The summed E-state index contributed by atoms with van der Waals surface area (Å²) in [6, 6.07) is 20.3. The molecule has 0 aliphatic carbocycles. The predicted octanol–water partition coefficient (Wildman–Crippen LogP) is 4.04. The molecule has 2 unspecified atom stereocenters. The van der Waals surface area contributed by atoms with Crippen LogP contribution in [0.1, 0.15) is 0 Å². The van der Waals surface area contributed by atoms with Crippen LogP contribution >= 0.6 is 11.6 Å². The molecule has 10 heteroatoms. The van der Waals surface area contributed by atoms with Crippen LogP contribution in [0.3, 0.4) is 0 Å². The Hall–Kier alpha value is -3.76. The molecule has 2 aliphatic rings. The van der Waals surface area contributed by atoms with Crippen LogP contribution in [0, 0.1) is 0 Å². The van der Waals surface area contributed by atoms with Crippen LogP contribution in [0.2, 0.25) is 5.02 Å². The van der Waals surface area contributed by atoms with E-state index in [1.54, 1.807) is 12.3 Å². The molecule has 3 aromatic heterocycles. The summed E-state index contributed by atoms with van der Waals surface area (Å²) in [5, 5.41) is 14.7. The molecule has 0 saturated carbocycles. The molecule has 5 aromatic rings. The van der Waals surface area contributed by atoms with E-state index in [1.807, 2.05) is 53.3 Å². The Morgan fingerprint density at radius 3 is 2.43 bits per heavy atom. The van der Waals surface area contributed by atoms with Gasteiger partial charge in [0.25, 0.3) is 6.01 Å². The van der Waals surface area contributed by atoms with E-state index in [1.165, 1.54) is 0 Å². The van der Waals surface area contributed by atoms with Crippen LogP contribution in [0.5, 0.6) is 6.01 Å². The number of nitrogens with one attached hydrogen (secondary N) is 1. The van der Waals surface area contributed by atoms with Gasteiger partial charge in [0.1, 0.15) is 18.3 Å². The lowest BCUT2D eigenvalue weighted by Crippen LogP contribution is -2.34. The molecule has 2 fully saturated rings. The second-order valence-electron chi connectivity index (χ2n) is 9.13. The largest absolute Gasteiger partial charge is 0.456 e. The van der Waals surface area contributed by atoms with Crippen molar-refractivity contribution in [1.29, 1.82) is 0 Å². The average molecular weight is 516 g/mol. The first-order valence-electron chi connectivity index (χ1n) is 12.0. The highest BCUT2D eigenvalue weighted by molar-refractivity contribution is 6.33. The fourth-order valence-corrected chi connectivity index (χ4v) is 5.15. The van der Waals surface area contributed by atoms with Crippen LogP contribution in [0.25, 0.3) is 39.2 Å². The molecule has 2 saturated heterocycles. The second kappa shape index (κ2) is 8.97. The summed E-state index contributed by atoms with van der Waals surface area (Å²) < 4.78 is 19.1.